The average Bonchev–Trinajstić information content (AvgIpc) is 3.20. The van der Waals surface area contributed by atoms with Crippen LogP contribution in [0.5, 0.6) is 0 Å². The maximum Gasteiger partial charge on any atom is 0.231 e. The van der Waals surface area contributed by atoms with Gasteiger partial charge in [-0.05, 0) is 26.7 Å². The molecular weight excluding hydrogens is 244 g/mol. The van der Waals surface area contributed by atoms with Crippen LogP contribution in [-0.4, -0.2) is 52.3 Å². The van der Waals surface area contributed by atoms with Crippen molar-refractivity contribution in [2.24, 2.45) is 0 Å². The van der Waals surface area contributed by atoms with Crippen molar-refractivity contribution in [2.45, 2.75) is 32.2 Å². The minimum absolute atomic E-state index is 0.105. The molecule has 0 aromatic carbocycles. The van der Waals surface area contributed by atoms with Gasteiger partial charge in [-0.3, -0.25) is 0 Å². The summed E-state index contributed by atoms with van der Waals surface area (Å²) in [6, 6.07) is 0. The fourth-order valence-electron chi connectivity index (χ4n) is 1.89. The maximum atomic E-state index is 9.36. The van der Waals surface area contributed by atoms with Gasteiger partial charge >= 0.3 is 0 Å². The van der Waals surface area contributed by atoms with E-state index in [4.69, 9.17) is 0 Å². The van der Waals surface area contributed by atoms with Crippen LogP contribution in [0.2, 0.25) is 0 Å². The maximum absolute atomic E-state index is 9.36. The Morgan fingerprint density at radius 1 is 1.16 bits per heavy atom. The molecule has 0 amide bonds. The highest BCUT2D eigenvalue weighted by atomic mass is 16.3. The number of rotatable bonds is 7. The van der Waals surface area contributed by atoms with E-state index in [-0.39, 0.29) is 12.1 Å². The quantitative estimate of drug-likeness (QED) is 0.669. The van der Waals surface area contributed by atoms with Gasteiger partial charge in [0.15, 0.2) is 0 Å². The Kier molecular flexibility index (Phi) is 4.04. The lowest BCUT2D eigenvalue weighted by Gasteiger charge is -2.21. The predicted octanol–water partition coefficient (Wildman–Crippen LogP) is 0.696. The third-order valence-corrected chi connectivity index (χ3v) is 3.43. The van der Waals surface area contributed by atoms with Gasteiger partial charge in [0.05, 0.1) is 12.1 Å². The second kappa shape index (κ2) is 5.56. The number of aromatic nitrogens is 3. The first-order valence-corrected chi connectivity index (χ1v) is 6.74. The number of aliphatic hydroxyl groups excluding tert-OH is 1. The molecule has 1 aliphatic rings. The zero-order chi connectivity index (χ0) is 13.9. The second-order valence-corrected chi connectivity index (χ2v) is 4.77. The topological polar surface area (TPSA) is 86.2 Å². The van der Waals surface area contributed by atoms with E-state index >= 15 is 0 Å². The molecule has 2 rings (SSSR count). The van der Waals surface area contributed by atoms with Gasteiger partial charge in [-0.15, -0.1) is 0 Å². The zero-order valence-corrected chi connectivity index (χ0v) is 11.8. The number of hydrogen-bond donors (Lipinski definition) is 3. The van der Waals surface area contributed by atoms with Gasteiger partial charge in [-0.25, -0.2) is 0 Å². The van der Waals surface area contributed by atoms with Crippen LogP contribution < -0.4 is 15.5 Å². The molecule has 3 N–H and O–H groups in total. The third kappa shape index (κ3) is 3.04. The molecule has 0 spiro atoms. The van der Waals surface area contributed by atoms with Crippen LogP contribution >= 0.6 is 0 Å². The van der Waals surface area contributed by atoms with Crippen molar-refractivity contribution in [1.29, 1.82) is 0 Å². The Bertz CT molecular complexity index is 430. The van der Waals surface area contributed by atoms with Crippen LogP contribution in [0, 0.1) is 0 Å². The summed E-state index contributed by atoms with van der Waals surface area (Å²) in [7, 11) is 1.78. The number of anilines is 3. The van der Waals surface area contributed by atoms with Crippen LogP contribution in [0.15, 0.2) is 0 Å². The van der Waals surface area contributed by atoms with Crippen molar-refractivity contribution >= 4 is 17.8 Å². The fraction of sp³-hybridized carbons (Fsp3) is 0.750. The van der Waals surface area contributed by atoms with Gasteiger partial charge in [0, 0.05) is 20.1 Å². The summed E-state index contributed by atoms with van der Waals surface area (Å²) in [5.41, 5.74) is -0.229. The summed E-state index contributed by atoms with van der Waals surface area (Å²) >= 11 is 0. The number of nitrogens with zero attached hydrogens (tertiary/aromatic N) is 4. The van der Waals surface area contributed by atoms with Crippen LogP contribution in [0.25, 0.3) is 0 Å². The van der Waals surface area contributed by atoms with E-state index in [1.165, 1.54) is 0 Å². The Hall–Kier alpha value is -1.63. The van der Waals surface area contributed by atoms with E-state index in [0.29, 0.717) is 17.8 Å². The normalized spacial score (nSPS) is 16.0. The Morgan fingerprint density at radius 2 is 1.79 bits per heavy atom. The minimum atomic E-state index is -0.229. The lowest BCUT2D eigenvalue weighted by atomic mass is 10.3. The van der Waals surface area contributed by atoms with Gasteiger partial charge in [-0.2, -0.15) is 15.0 Å². The zero-order valence-electron chi connectivity index (χ0n) is 11.8. The lowest BCUT2D eigenvalue weighted by molar-refractivity contribution is 0.265. The molecule has 0 aliphatic heterocycles. The lowest BCUT2D eigenvalue weighted by Crippen LogP contribution is -2.29. The standard InChI is InChI=1S/C12H22N6O/c1-4-18(5-2)11-15-9(13-3)14-10(16-11)17-12(8-19)6-7-12/h19H,4-8H2,1-3H3,(H2,13,14,15,16,17). The van der Waals surface area contributed by atoms with Gasteiger partial charge < -0.3 is 20.6 Å². The molecule has 1 fully saturated rings. The molecule has 106 valence electrons. The van der Waals surface area contributed by atoms with Gasteiger partial charge in [0.25, 0.3) is 0 Å². The van der Waals surface area contributed by atoms with Crippen LogP contribution in [0.1, 0.15) is 26.7 Å². The molecule has 1 heterocycles. The van der Waals surface area contributed by atoms with E-state index in [2.05, 4.69) is 44.3 Å². The molecule has 7 nitrogen and oxygen atoms in total. The van der Waals surface area contributed by atoms with E-state index in [0.717, 1.165) is 25.9 Å². The first-order chi connectivity index (χ1) is 9.16. The van der Waals surface area contributed by atoms with Crippen LogP contribution in [0.3, 0.4) is 0 Å². The van der Waals surface area contributed by atoms with Crippen LogP contribution in [0.4, 0.5) is 17.8 Å². The smallest absolute Gasteiger partial charge is 0.231 e. The van der Waals surface area contributed by atoms with E-state index in [1.54, 1.807) is 7.05 Å². The molecule has 1 aromatic rings. The molecule has 0 saturated heterocycles. The fourth-order valence-corrected chi connectivity index (χ4v) is 1.89. The molecule has 0 bridgehead atoms. The van der Waals surface area contributed by atoms with Crippen molar-refractivity contribution in [1.82, 2.24) is 15.0 Å². The average molecular weight is 266 g/mol. The largest absolute Gasteiger partial charge is 0.394 e. The second-order valence-electron chi connectivity index (χ2n) is 4.77. The predicted molar refractivity (Wildman–Crippen MR) is 75.6 cm³/mol. The summed E-state index contributed by atoms with van der Waals surface area (Å²) in [5, 5.41) is 15.5. The van der Waals surface area contributed by atoms with E-state index < -0.39 is 0 Å². The molecule has 0 radical (unpaired) electrons. The van der Waals surface area contributed by atoms with Crippen LogP contribution in [-0.2, 0) is 0 Å². The van der Waals surface area contributed by atoms with Gasteiger partial charge in [0.1, 0.15) is 0 Å². The first kappa shape index (κ1) is 13.8. The molecule has 1 saturated carbocycles. The van der Waals surface area contributed by atoms with Gasteiger partial charge in [0.2, 0.25) is 17.8 Å². The summed E-state index contributed by atoms with van der Waals surface area (Å²) < 4.78 is 0. The monoisotopic (exact) mass is 266 g/mol. The highest BCUT2D eigenvalue weighted by Gasteiger charge is 2.42. The highest BCUT2D eigenvalue weighted by Crippen LogP contribution is 2.37. The minimum Gasteiger partial charge on any atom is -0.394 e. The molecule has 19 heavy (non-hydrogen) atoms. The molecule has 0 atom stereocenters. The Labute approximate surface area is 113 Å². The first-order valence-electron chi connectivity index (χ1n) is 6.74. The van der Waals surface area contributed by atoms with E-state index in [1.807, 2.05) is 0 Å². The number of hydrogen-bond acceptors (Lipinski definition) is 7. The molecular formula is C12H22N6O. The molecule has 1 aliphatic carbocycles. The van der Waals surface area contributed by atoms with Crippen molar-refractivity contribution < 1.29 is 5.11 Å². The number of aliphatic hydroxyl groups is 1. The third-order valence-electron chi connectivity index (χ3n) is 3.43. The van der Waals surface area contributed by atoms with Gasteiger partial charge in [-0.1, -0.05) is 0 Å². The molecule has 0 unspecified atom stereocenters. The Morgan fingerprint density at radius 3 is 2.26 bits per heavy atom. The van der Waals surface area contributed by atoms with Crippen molar-refractivity contribution in [3.05, 3.63) is 0 Å². The SMILES string of the molecule is CCN(CC)c1nc(NC)nc(NC2(CO)CC2)n1. The van der Waals surface area contributed by atoms with Crippen molar-refractivity contribution in [2.75, 3.05) is 42.3 Å². The molecule has 1 aromatic heterocycles. The summed E-state index contributed by atoms with van der Waals surface area (Å²) in [4.78, 5) is 15.2. The summed E-state index contributed by atoms with van der Waals surface area (Å²) in [5.74, 6) is 1.71. The number of nitrogens with one attached hydrogen (secondary N) is 2. The summed E-state index contributed by atoms with van der Waals surface area (Å²) in [6.07, 6.45) is 1.90. The molecule has 7 heteroatoms. The van der Waals surface area contributed by atoms with Crippen molar-refractivity contribution in [3.63, 3.8) is 0 Å². The summed E-state index contributed by atoms with van der Waals surface area (Å²) in [6.45, 7) is 5.92. The Balaban J connectivity index is 2.25. The van der Waals surface area contributed by atoms with Crippen molar-refractivity contribution in [3.8, 4) is 0 Å². The van der Waals surface area contributed by atoms with E-state index in [9.17, 15) is 5.11 Å². The highest BCUT2D eigenvalue weighted by molar-refractivity contribution is 5.45.